The molecule has 0 fully saturated rings. The number of nitrogens with one attached hydrogen (secondary N) is 1. The number of hydrogen-bond donors (Lipinski definition) is 1. The maximum atomic E-state index is 13.6. The molecule has 4 aromatic rings. The zero-order valence-corrected chi connectivity index (χ0v) is 18.6. The molecule has 0 saturated heterocycles. The van der Waals surface area contributed by atoms with Crippen LogP contribution in [0.3, 0.4) is 0 Å². The number of benzene rings is 4. The van der Waals surface area contributed by atoms with E-state index in [0.29, 0.717) is 34.2 Å². The van der Waals surface area contributed by atoms with Crippen LogP contribution in [0.1, 0.15) is 11.1 Å². The van der Waals surface area contributed by atoms with Gasteiger partial charge in [-0.25, -0.2) is 4.99 Å². The summed E-state index contributed by atoms with van der Waals surface area (Å²) in [4.78, 5) is 18.3. The average molecular weight is 448 g/mol. The minimum Gasteiger partial charge on any atom is -0.493 e. The number of aliphatic imine (C=N–C) groups is 1. The van der Waals surface area contributed by atoms with Crippen LogP contribution in [0.5, 0.6) is 17.2 Å². The molecule has 6 rings (SSSR count). The van der Waals surface area contributed by atoms with Crippen molar-refractivity contribution in [2.24, 2.45) is 4.99 Å². The van der Waals surface area contributed by atoms with E-state index in [1.807, 2.05) is 78.9 Å². The van der Waals surface area contributed by atoms with Crippen molar-refractivity contribution in [3.63, 3.8) is 0 Å². The smallest absolute Gasteiger partial charge is 0.261 e. The Morgan fingerprint density at radius 1 is 0.824 bits per heavy atom. The van der Waals surface area contributed by atoms with Crippen molar-refractivity contribution < 1.29 is 19.0 Å². The molecule has 2 heterocycles. The summed E-state index contributed by atoms with van der Waals surface area (Å²) in [7, 11) is 3.18. The van der Waals surface area contributed by atoms with Crippen molar-refractivity contribution in [1.82, 2.24) is 0 Å². The average Bonchev–Trinajstić information content (AvgIpc) is 3.02. The fourth-order valence-corrected chi connectivity index (χ4v) is 4.49. The molecular weight excluding hydrogens is 428 g/mol. The molecule has 1 amide bonds. The molecule has 0 spiro atoms. The Hall–Kier alpha value is -4.58. The van der Waals surface area contributed by atoms with Crippen LogP contribution in [-0.4, -0.2) is 26.0 Å². The van der Waals surface area contributed by atoms with Gasteiger partial charge < -0.3 is 19.5 Å². The zero-order valence-electron chi connectivity index (χ0n) is 18.6. The second-order valence-electron chi connectivity index (χ2n) is 7.97. The third-order valence-electron chi connectivity index (χ3n) is 6.09. The molecule has 2 aliphatic rings. The number of ether oxygens (including phenoxy) is 3. The minimum atomic E-state index is -0.285. The van der Waals surface area contributed by atoms with Crippen LogP contribution in [0, 0.1) is 0 Å². The number of amides is 1. The summed E-state index contributed by atoms with van der Waals surface area (Å²) in [6, 6.07) is 25.1. The highest BCUT2D eigenvalue weighted by Crippen LogP contribution is 2.45. The van der Waals surface area contributed by atoms with Crippen LogP contribution in [0.2, 0.25) is 0 Å². The number of carbonyl (C=O) groups is 1. The molecule has 0 unspecified atom stereocenters. The molecule has 0 bridgehead atoms. The van der Waals surface area contributed by atoms with Crippen molar-refractivity contribution in [3.05, 3.63) is 95.6 Å². The Morgan fingerprint density at radius 3 is 2.47 bits per heavy atom. The van der Waals surface area contributed by atoms with Crippen molar-refractivity contribution in [3.8, 4) is 17.2 Å². The number of nitrogens with zero attached hydrogens (tertiary/aromatic N) is 1. The molecule has 0 radical (unpaired) electrons. The molecule has 6 nitrogen and oxygen atoms in total. The van der Waals surface area contributed by atoms with E-state index in [0.717, 1.165) is 27.5 Å². The first-order valence-electron chi connectivity index (χ1n) is 10.8. The van der Waals surface area contributed by atoms with Gasteiger partial charge in [0.1, 0.15) is 11.3 Å². The number of hydrogen-bond acceptors (Lipinski definition) is 5. The lowest BCUT2D eigenvalue weighted by molar-refractivity contribution is -0.112. The van der Waals surface area contributed by atoms with Crippen molar-refractivity contribution in [2.75, 3.05) is 19.5 Å². The van der Waals surface area contributed by atoms with Gasteiger partial charge in [0.25, 0.3) is 5.91 Å². The van der Waals surface area contributed by atoms with E-state index < -0.39 is 0 Å². The normalized spacial score (nSPS) is 14.2. The van der Waals surface area contributed by atoms with E-state index in [4.69, 9.17) is 19.2 Å². The Morgan fingerprint density at radius 2 is 1.62 bits per heavy atom. The van der Waals surface area contributed by atoms with Gasteiger partial charge in [-0.05, 0) is 41.3 Å². The molecule has 34 heavy (non-hydrogen) atoms. The fraction of sp³-hybridized carbons (Fsp3) is 0.0714. The highest BCUT2D eigenvalue weighted by atomic mass is 16.5. The summed E-state index contributed by atoms with van der Waals surface area (Å²) in [6.45, 7) is 0. The zero-order chi connectivity index (χ0) is 23.2. The van der Waals surface area contributed by atoms with Gasteiger partial charge in [-0.3, -0.25) is 4.79 Å². The van der Waals surface area contributed by atoms with Gasteiger partial charge in [0.2, 0.25) is 5.90 Å². The van der Waals surface area contributed by atoms with E-state index >= 15 is 0 Å². The van der Waals surface area contributed by atoms with Crippen LogP contribution in [-0.2, 0) is 4.79 Å². The Balaban J connectivity index is 1.70. The molecule has 1 N–H and O–H groups in total. The van der Waals surface area contributed by atoms with Crippen LogP contribution in [0.15, 0.2) is 89.4 Å². The Kier molecular flexibility index (Phi) is 4.59. The van der Waals surface area contributed by atoms with E-state index in [9.17, 15) is 4.79 Å². The maximum Gasteiger partial charge on any atom is 0.261 e. The Labute approximate surface area is 196 Å². The molecule has 0 saturated carbocycles. The summed E-state index contributed by atoms with van der Waals surface area (Å²) >= 11 is 0. The lowest BCUT2D eigenvalue weighted by Crippen LogP contribution is -2.27. The van der Waals surface area contributed by atoms with Gasteiger partial charge in [0.15, 0.2) is 11.5 Å². The molecular formula is C28H20N2O4. The van der Waals surface area contributed by atoms with Gasteiger partial charge in [-0.2, -0.15) is 0 Å². The molecule has 0 aliphatic carbocycles. The van der Waals surface area contributed by atoms with Crippen molar-refractivity contribution in [2.45, 2.75) is 0 Å². The van der Waals surface area contributed by atoms with Gasteiger partial charge in [0.05, 0.1) is 25.6 Å². The second-order valence-corrected chi connectivity index (χ2v) is 7.97. The maximum absolute atomic E-state index is 13.6. The van der Waals surface area contributed by atoms with Crippen molar-refractivity contribution in [1.29, 1.82) is 0 Å². The van der Waals surface area contributed by atoms with E-state index in [1.54, 1.807) is 14.2 Å². The largest absolute Gasteiger partial charge is 0.493 e. The third-order valence-corrected chi connectivity index (χ3v) is 6.09. The predicted molar refractivity (Wildman–Crippen MR) is 132 cm³/mol. The quantitative estimate of drug-likeness (QED) is 0.434. The second kappa shape index (κ2) is 7.78. The van der Waals surface area contributed by atoms with Crippen LogP contribution < -0.4 is 19.5 Å². The van der Waals surface area contributed by atoms with E-state index in [2.05, 4.69) is 5.32 Å². The number of carbonyl (C=O) groups excluding carboxylic acids is 1. The predicted octanol–water partition coefficient (Wildman–Crippen LogP) is 5.73. The molecule has 2 aliphatic heterocycles. The number of fused-ring (bicyclic) bond motifs is 5. The van der Waals surface area contributed by atoms with Gasteiger partial charge in [-0.15, -0.1) is 0 Å². The topological polar surface area (TPSA) is 69.2 Å². The summed E-state index contributed by atoms with van der Waals surface area (Å²) in [5.74, 6) is 1.81. The summed E-state index contributed by atoms with van der Waals surface area (Å²) in [5.41, 5.74) is 3.95. The highest BCUT2D eigenvalue weighted by Gasteiger charge is 2.35. The minimum absolute atomic E-state index is 0.260. The third kappa shape index (κ3) is 3.03. The molecule has 0 aromatic heterocycles. The number of methoxy groups -OCH3 is 2. The van der Waals surface area contributed by atoms with Gasteiger partial charge >= 0.3 is 0 Å². The standard InChI is InChI=1S/C28H20N2O4/c1-32-22-14-12-17(15-23(22)33-2)24-19-13-11-16-7-3-4-8-18(16)26(19)34-28-25(24)27(31)29-20-9-5-6-10-21(20)30-28/h3-15H,1-2H3,(H,29,31). The van der Waals surface area contributed by atoms with Crippen LogP contribution >= 0.6 is 0 Å². The number of anilines is 1. The number of para-hydroxylation sites is 2. The lowest BCUT2D eigenvalue weighted by atomic mass is 9.88. The molecule has 0 atom stereocenters. The summed E-state index contributed by atoms with van der Waals surface area (Å²) < 4.78 is 17.4. The molecule has 166 valence electrons. The van der Waals surface area contributed by atoms with Crippen LogP contribution in [0.25, 0.3) is 16.3 Å². The van der Waals surface area contributed by atoms with Gasteiger partial charge in [-0.1, -0.05) is 48.5 Å². The fourth-order valence-electron chi connectivity index (χ4n) is 4.49. The first-order valence-corrected chi connectivity index (χ1v) is 10.8. The first-order chi connectivity index (χ1) is 16.7. The SMILES string of the molecule is COc1ccc(C2=C3C(=O)Nc4ccccc4N=C3Oc3c2ccc2ccccc32)cc1OC. The first kappa shape index (κ1) is 20.1. The molecule has 6 heteroatoms. The van der Waals surface area contributed by atoms with Gasteiger partial charge in [0, 0.05) is 16.5 Å². The number of rotatable bonds is 3. The van der Waals surface area contributed by atoms with Crippen molar-refractivity contribution >= 4 is 39.5 Å². The molecule has 4 aromatic carbocycles. The lowest BCUT2D eigenvalue weighted by Gasteiger charge is -2.25. The highest BCUT2D eigenvalue weighted by molar-refractivity contribution is 6.32. The summed E-state index contributed by atoms with van der Waals surface area (Å²) in [6.07, 6.45) is 0. The van der Waals surface area contributed by atoms with E-state index in [-0.39, 0.29) is 11.8 Å². The Bertz CT molecular complexity index is 1550. The summed E-state index contributed by atoms with van der Waals surface area (Å²) in [5, 5.41) is 4.97. The monoisotopic (exact) mass is 448 g/mol. The van der Waals surface area contributed by atoms with Crippen LogP contribution in [0.4, 0.5) is 11.4 Å². The van der Waals surface area contributed by atoms with E-state index in [1.165, 1.54) is 0 Å².